The molecule has 3 heterocycles. The molecule has 0 amide bonds. The molecule has 0 spiro atoms. The van der Waals surface area contributed by atoms with E-state index in [0.717, 1.165) is 44.1 Å². The Labute approximate surface area is 141 Å². The molecule has 3 aromatic rings. The van der Waals surface area contributed by atoms with E-state index in [4.69, 9.17) is 4.52 Å². The molecule has 0 bridgehead atoms. The topological polar surface area (TPSA) is 60.0 Å². The molecule has 1 aromatic carbocycles. The van der Waals surface area contributed by atoms with Gasteiger partial charge in [0, 0.05) is 26.3 Å². The second-order valence-electron chi connectivity index (χ2n) is 6.36. The Morgan fingerprint density at radius 2 is 2.08 bits per heavy atom. The van der Waals surface area contributed by atoms with Gasteiger partial charge in [-0.05, 0) is 31.0 Å². The van der Waals surface area contributed by atoms with E-state index in [0.29, 0.717) is 11.7 Å². The monoisotopic (exact) mass is 323 g/mol. The van der Waals surface area contributed by atoms with Crippen LogP contribution in [-0.2, 0) is 13.6 Å². The van der Waals surface area contributed by atoms with Crippen molar-refractivity contribution < 1.29 is 4.52 Å². The van der Waals surface area contributed by atoms with E-state index in [1.165, 1.54) is 5.56 Å². The maximum atomic E-state index is 5.55. The molecule has 0 saturated carbocycles. The Hall–Kier alpha value is -2.47. The third kappa shape index (κ3) is 3.10. The Balaban J connectivity index is 1.46. The van der Waals surface area contributed by atoms with Crippen molar-refractivity contribution in [3.63, 3.8) is 0 Å². The Kier molecular flexibility index (Phi) is 4.13. The molecule has 6 nitrogen and oxygen atoms in total. The zero-order valence-corrected chi connectivity index (χ0v) is 13.8. The fourth-order valence-electron chi connectivity index (χ4n) is 3.34. The summed E-state index contributed by atoms with van der Waals surface area (Å²) in [6, 6.07) is 12.5. The van der Waals surface area contributed by atoms with Gasteiger partial charge in [-0.2, -0.15) is 10.1 Å². The van der Waals surface area contributed by atoms with Crippen LogP contribution in [0.5, 0.6) is 0 Å². The average molecular weight is 323 g/mol. The van der Waals surface area contributed by atoms with Gasteiger partial charge in [0.15, 0.2) is 0 Å². The average Bonchev–Trinajstić information content (AvgIpc) is 3.25. The normalized spacial score (nSPS) is 18.8. The molecule has 1 saturated heterocycles. The number of piperidine rings is 1. The van der Waals surface area contributed by atoms with Crippen molar-refractivity contribution in [2.45, 2.75) is 25.3 Å². The third-order valence-electron chi connectivity index (χ3n) is 4.60. The largest absolute Gasteiger partial charge is 0.339 e. The lowest BCUT2D eigenvalue weighted by Crippen LogP contribution is -2.34. The number of benzene rings is 1. The maximum Gasteiger partial charge on any atom is 0.231 e. The Morgan fingerprint density at radius 3 is 2.88 bits per heavy atom. The fourth-order valence-corrected chi connectivity index (χ4v) is 3.34. The van der Waals surface area contributed by atoms with E-state index in [-0.39, 0.29) is 0 Å². The first-order valence-corrected chi connectivity index (χ1v) is 8.38. The summed E-state index contributed by atoms with van der Waals surface area (Å²) >= 11 is 0. The van der Waals surface area contributed by atoms with Gasteiger partial charge in [-0.25, -0.2) is 0 Å². The lowest BCUT2D eigenvalue weighted by molar-refractivity contribution is 0.180. The summed E-state index contributed by atoms with van der Waals surface area (Å²) in [7, 11) is 1.88. The van der Waals surface area contributed by atoms with Crippen LogP contribution in [0.3, 0.4) is 0 Å². The molecule has 1 aliphatic rings. The summed E-state index contributed by atoms with van der Waals surface area (Å²) in [5, 5.41) is 8.30. The summed E-state index contributed by atoms with van der Waals surface area (Å²) < 4.78 is 7.31. The molecular formula is C18H21N5O. The van der Waals surface area contributed by atoms with Crippen molar-refractivity contribution in [3.8, 4) is 11.5 Å². The molecule has 24 heavy (non-hydrogen) atoms. The zero-order chi connectivity index (χ0) is 16.4. The predicted octanol–water partition coefficient (Wildman–Crippen LogP) is 2.85. The van der Waals surface area contributed by atoms with Gasteiger partial charge in [-0.15, -0.1) is 0 Å². The summed E-state index contributed by atoms with van der Waals surface area (Å²) in [5.74, 6) is 1.66. The second kappa shape index (κ2) is 6.57. The molecule has 1 fully saturated rings. The van der Waals surface area contributed by atoms with Crippen LogP contribution in [0.1, 0.15) is 30.2 Å². The molecule has 1 aliphatic heterocycles. The fraction of sp³-hybridized carbons (Fsp3) is 0.389. The van der Waals surface area contributed by atoms with Gasteiger partial charge in [-0.3, -0.25) is 9.58 Å². The summed E-state index contributed by atoms with van der Waals surface area (Å²) in [5.41, 5.74) is 2.22. The number of aryl methyl sites for hydroxylation is 1. The molecule has 124 valence electrons. The first-order chi connectivity index (χ1) is 11.8. The van der Waals surface area contributed by atoms with Gasteiger partial charge in [0.2, 0.25) is 11.7 Å². The third-order valence-corrected chi connectivity index (χ3v) is 4.60. The van der Waals surface area contributed by atoms with E-state index < -0.39 is 0 Å². The maximum absolute atomic E-state index is 5.55. The highest BCUT2D eigenvalue weighted by atomic mass is 16.5. The zero-order valence-electron chi connectivity index (χ0n) is 13.8. The van der Waals surface area contributed by atoms with E-state index >= 15 is 0 Å². The van der Waals surface area contributed by atoms with Gasteiger partial charge in [0.25, 0.3) is 0 Å². The van der Waals surface area contributed by atoms with Gasteiger partial charge < -0.3 is 4.52 Å². The van der Waals surface area contributed by atoms with Crippen LogP contribution >= 0.6 is 0 Å². The lowest BCUT2D eigenvalue weighted by atomic mass is 9.97. The number of hydrogen-bond donors (Lipinski definition) is 0. The highest BCUT2D eigenvalue weighted by Crippen LogP contribution is 2.28. The van der Waals surface area contributed by atoms with Crippen LogP contribution < -0.4 is 0 Å². The summed E-state index contributed by atoms with van der Waals surface area (Å²) in [6.07, 6.45) is 3.99. The minimum Gasteiger partial charge on any atom is -0.339 e. The van der Waals surface area contributed by atoms with Crippen LogP contribution in [0.2, 0.25) is 0 Å². The van der Waals surface area contributed by atoms with Crippen molar-refractivity contribution in [2.75, 3.05) is 13.1 Å². The second-order valence-corrected chi connectivity index (χ2v) is 6.36. The first kappa shape index (κ1) is 15.1. The highest BCUT2D eigenvalue weighted by Gasteiger charge is 2.26. The van der Waals surface area contributed by atoms with Crippen molar-refractivity contribution in [1.29, 1.82) is 0 Å². The number of hydrogen-bond acceptors (Lipinski definition) is 5. The van der Waals surface area contributed by atoms with Gasteiger partial charge in [0.1, 0.15) is 5.69 Å². The van der Waals surface area contributed by atoms with Crippen LogP contribution in [0.25, 0.3) is 11.5 Å². The standard InChI is InChI=1S/C18H21N5O/c1-22-16(9-10-19-22)17-20-18(24-21-17)15-8-5-11-23(13-15)12-14-6-3-2-4-7-14/h2-4,6-7,9-10,15H,5,8,11-13H2,1H3. The minimum atomic E-state index is 0.303. The highest BCUT2D eigenvalue weighted by molar-refractivity contribution is 5.47. The quantitative estimate of drug-likeness (QED) is 0.739. The molecule has 0 aliphatic carbocycles. The van der Waals surface area contributed by atoms with Gasteiger partial charge in [-0.1, -0.05) is 35.5 Å². The van der Waals surface area contributed by atoms with E-state index in [1.54, 1.807) is 10.9 Å². The molecular weight excluding hydrogens is 302 g/mol. The smallest absolute Gasteiger partial charge is 0.231 e. The SMILES string of the molecule is Cn1nccc1-c1noc(C2CCCN(Cc3ccccc3)C2)n1. The van der Waals surface area contributed by atoms with Crippen LogP contribution in [0, 0.1) is 0 Å². The van der Waals surface area contributed by atoms with Crippen LogP contribution in [-0.4, -0.2) is 37.9 Å². The van der Waals surface area contributed by atoms with Crippen LogP contribution in [0.15, 0.2) is 47.1 Å². The number of aromatic nitrogens is 4. The van der Waals surface area contributed by atoms with Gasteiger partial charge >= 0.3 is 0 Å². The van der Waals surface area contributed by atoms with Crippen molar-refractivity contribution >= 4 is 0 Å². The summed E-state index contributed by atoms with van der Waals surface area (Å²) in [4.78, 5) is 7.08. The van der Waals surface area contributed by atoms with E-state index in [2.05, 4.69) is 50.5 Å². The van der Waals surface area contributed by atoms with E-state index in [9.17, 15) is 0 Å². The molecule has 0 radical (unpaired) electrons. The summed E-state index contributed by atoms with van der Waals surface area (Å²) in [6.45, 7) is 3.05. The van der Waals surface area contributed by atoms with Crippen LogP contribution in [0.4, 0.5) is 0 Å². The number of likely N-dealkylation sites (tertiary alicyclic amines) is 1. The van der Waals surface area contributed by atoms with Gasteiger partial charge in [0.05, 0.1) is 5.92 Å². The molecule has 4 rings (SSSR count). The Morgan fingerprint density at radius 1 is 1.21 bits per heavy atom. The lowest BCUT2D eigenvalue weighted by Gasteiger charge is -2.30. The molecule has 0 N–H and O–H groups in total. The van der Waals surface area contributed by atoms with Crippen molar-refractivity contribution in [2.24, 2.45) is 7.05 Å². The first-order valence-electron chi connectivity index (χ1n) is 8.38. The van der Waals surface area contributed by atoms with E-state index in [1.807, 2.05) is 13.1 Å². The minimum absolute atomic E-state index is 0.303. The predicted molar refractivity (Wildman–Crippen MR) is 90.2 cm³/mol. The number of rotatable bonds is 4. The number of nitrogens with zero attached hydrogens (tertiary/aromatic N) is 5. The Bertz CT molecular complexity index is 795. The van der Waals surface area contributed by atoms with Crippen molar-refractivity contribution in [3.05, 3.63) is 54.0 Å². The molecule has 2 aromatic heterocycles. The molecule has 6 heteroatoms. The molecule has 1 unspecified atom stereocenters. The van der Waals surface area contributed by atoms with Crippen molar-refractivity contribution in [1.82, 2.24) is 24.8 Å². The molecule has 1 atom stereocenters.